The lowest BCUT2D eigenvalue weighted by atomic mass is 10.1. The van der Waals surface area contributed by atoms with Gasteiger partial charge < -0.3 is 14.8 Å². The van der Waals surface area contributed by atoms with Gasteiger partial charge in [0.05, 0.1) is 23.7 Å². The number of sulfonamides is 1. The van der Waals surface area contributed by atoms with Crippen LogP contribution in [0.3, 0.4) is 0 Å². The van der Waals surface area contributed by atoms with Crippen molar-refractivity contribution in [2.24, 2.45) is 0 Å². The summed E-state index contributed by atoms with van der Waals surface area (Å²) in [7, 11) is -2.00. The van der Waals surface area contributed by atoms with Gasteiger partial charge in [-0.3, -0.25) is 4.79 Å². The third-order valence-corrected chi connectivity index (χ3v) is 6.84. The molecule has 162 valence electrons. The lowest BCUT2D eigenvalue weighted by molar-refractivity contribution is -0.0440. The predicted molar refractivity (Wildman–Crippen MR) is 114 cm³/mol. The Morgan fingerprint density at radius 2 is 1.67 bits per heavy atom. The minimum Gasteiger partial charge on any atom is -0.380 e. The second-order valence-corrected chi connectivity index (χ2v) is 9.43. The van der Waals surface area contributed by atoms with E-state index in [9.17, 15) is 13.2 Å². The molecule has 1 N–H and O–H groups in total. The van der Waals surface area contributed by atoms with Gasteiger partial charge in [0.15, 0.2) is 0 Å². The zero-order valence-electron chi connectivity index (χ0n) is 17.5. The van der Waals surface area contributed by atoms with Gasteiger partial charge in [-0.25, -0.2) is 8.42 Å². The molecule has 1 fully saturated rings. The fourth-order valence-electron chi connectivity index (χ4n) is 3.56. The first-order chi connectivity index (χ1) is 14.3. The van der Waals surface area contributed by atoms with Crippen LogP contribution in [0, 0.1) is 0 Å². The minimum absolute atomic E-state index is 0.158. The topological polar surface area (TPSA) is 84.9 Å². The Morgan fingerprint density at radius 1 is 1.07 bits per heavy atom. The van der Waals surface area contributed by atoms with E-state index in [-0.39, 0.29) is 23.0 Å². The fourth-order valence-corrected chi connectivity index (χ4v) is 5.15. The first-order valence-electron chi connectivity index (χ1n) is 9.91. The highest BCUT2D eigenvalue weighted by atomic mass is 32.2. The van der Waals surface area contributed by atoms with Crippen molar-refractivity contribution in [3.8, 4) is 0 Å². The molecule has 0 saturated carbocycles. The molecular weight excluding hydrogens is 404 g/mol. The number of nitrogens with zero attached hydrogens (tertiary/aromatic N) is 1. The first-order valence-corrected chi connectivity index (χ1v) is 11.3. The Hall–Kier alpha value is -2.26. The van der Waals surface area contributed by atoms with Gasteiger partial charge in [-0.15, -0.1) is 0 Å². The molecule has 1 aliphatic heterocycles. The largest absolute Gasteiger partial charge is 0.380 e. The second-order valence-electron chi connectivity index (χ2n) is 7.49. The molecule has 0 radical (unpaired) electrons. The lowest BCUT2D eigenvalue weighted by Crippen LogP contribution is -2.48. The van der Waals surface area contributed by atoms with Crippen LogP contribution in [-0.4, -0.2) is 51.0 Å². The molecule has 0 aliphatic carbocycles. The van der Waals surface area contributed by atoms with Crippen LogP contribution in [0.1, 0.15) is 35.3 Å². The normalized spacial score (nSPS) is 20.1. The van der Waals surface area contributed by atoms with Crippen LogP contribution in [0.2, 0.25) is 0 Å². The van der Waals surface area contributed by atoms with E-state index in [1.807, 2.05) is 38.1 Å². The number of hydrogen-bond donors (Lipinski definition) is 1. The SMILES string of the molecule is COCc1ccccc1CNC(=O)c1ccc(S(=O)(=O)N2CC(C)OC(C)C2)cc1. The zero-order chi connectivity index (χ0) is 21.7. The Kier molecular flexibility index (Phi) is 7.25. The summed E-state index contributed by atoms with van der Waals surface area (Å²) in [4.78, 5) is 12.7. The number of morpholine rings is 1. The lowest BCUT2D eigenvalue weighted by Gasteiger charge is -2.34. The maximum atomic E-state index is 12.9. The summed E-state index contributed by atoms with van der Waals surface area (Å²) in [5.74, 6) is -0.264. The molecule has 8 heteroatoms. The third-order valence-electron chi connectivity index (χ3n) is 5.00. The number of nitrogens with one attached hydrogen (secondary N) is 1. The summed E-state index contributed by atoms with van der Waals surface area (Å²) in [6.07, 6.45) is -0.316. The van der Waals surface area contributed by atoms with Crippen molar-refractivity contribution in [3.05, 3.63) is 65.2 Å². The molecule has 1 saturated heterocycles. The van der Waals surface area contributed by atoms with Gasteiger partial charge in [-0.1, -0.05) is 24.3 Å². The molecule has 1 heterocycles. The summed E-state index contributed by atoms with van der Waals surface area (Å²) in [6.45, 7) is 5.18. The van der Waals surface area contributed by atoms with Gasteiger partial charge in [0.1, 0.15) is 0 Å². The molecule has 0 bridgehead atoms. The van der Waals surface area contributed by atoms with Gasteiger partial charge >= 0.3 is 0 Å². The average Bonchev–Trinajstić information content (AvgIpc) is 2.72. The summed E-state index contributed by atoms with van der Waals surface area (Å²) in [5.41, 5.74) is 2.39. The van der Waals surface area contributed by atoms with Crippen LogP contribution in [0.25, 0.3) is 0 Å². The maximum absolute atomic E-state index is 12.9. The number of hydrogen-bond acceptors (Lipinski definition) is 5. The maximum Gasteiger partial charge on any atom is 0.251 e. The third kappa shape index (κ3) is 5.26. The Labute approximate surface area is 178 Å². The van der Waals surface area contributed by atoms with E-state index in [4.69, 9.17) is 9.47 Å². The Bertz CT molecular complexity index is 965. The molecule has 3 rings (SSSR count). The average molecular weight is 433 g/mol. The van der Waals surface area contributed by atoms with Crippen molar-refractivity contribution >= 4 is 15.9 Å². The van der Waals surface area contributed by atoms with E-state index >= 15 is 0 Å². The van der Waals surface area contributed by atoms with Gasteiger partial charge in [0, 0.05) is 32.3 Å². The Balaban J connectivity index is 1.67. The highest BCUT2D eigenvalue weighted by Gasteiger charge is 2.32. The van der Waals surface area contributed by atoms with E-state index in [2.05, 4.69) is 5.32 Å². The number of rotatable bonds is 7. The number of carbonyl (C=O) groups excluding carboxylic acids is 1. The molecule has 7 nitrogen and oxygen atoms in total. The highest BCUT2D eigenvalue weighted by Crippen LogP contribution is 2.21. The van der Waals surface area contributed by atoms with Gasteiger partial charge in [-0.2, -0.15) is 4.31 Å². The smallest absolute Gasteiger partial charge is 0.251 e. The molecule has 2 unspecified atom stereocenters. The van der Waals surface area contributed by atoms with Crippen LogP contribution >= 0.6 is 0 Å². The molecule has 2 aromatic carbocycles. The molecule has 1 aliphatic rings. The van der Waals surface area contributed by atoms with Crippen LogP contribution < -0.4 is 5.32 Å². The van der Waals surface area contributed by atoms with Crippen molar-refractivity contribution in [1.82, 2.24) is 9.62 Å². The monoisotopic (exact) mass is 432 g/mol. The van der Waals surface area contributed by atoms with Crippen LogP contribution in [-0.2, 0) is 32.6 Å². The van der Waals surface area contributed by atoms with E-state index in [0.717, 1.165) is 11.1 Å². The van der Waals surface area contributed by atoms with Crippen LogP contribution in [0.5, 0.6) is 0 Å². The fraction of sp³-hybridized carbons (Fsp3) is 0.409. The van der Waals surface area contributed by atoms with E-state index < -0.39 is 10.0 Å². The van der Waals surface area contributed by atoms with Crippen molar-refractivity contribution < 1.29 is 22.7 Å². The van der Waals surface area contributed by atoms with E-state index in [1.54, 1.807) is 7.11 Å². The summed E-state index contributed by atoms with van der Waals surface area (Å²) in [6, 6.07) is 13.8. The van der Waals surface area contributed by atoms with E-state index in [0.29, 0.717) is 31.8 Å². The van der Waals surface area contributed by atoms with Gasteiger partial charge in [0.2, 0.25) is 10.0 Å². The van der Waals surface area contributed by atoms with Crippen LogP contribution in [0.15, 0.2) is 53.4 Å². The quantitative estimate of drug-likeness (QED) is 0.727. The number of methoxy groups -OCH3 is 1. The van der Waals surface area contributed by atoms with Gasteiger partial charge in [0.25, 0.3) is 5.91 Å². The standard InChI is InChI=1S/C22H28N2O5S/c1-16-13-24(14-17(2)29-16)30(26,27)21-10-8-18(9-11-21)22(25)23-12-19-6-4-5-7-20(19)15-28-3/h4-11,16-17H,12-15H2,1-3H3,(H,23,25). The predicted octanol–water partition coefficient (Wildman–Crippen LogP) is 2.56. The number of carbonyl (C=O) groups is 1. The molecular formula is C22H28N2O5S. The van der Waals surface area contributed by atoms with Crippen molar-refractivity contribution in [2.45, 2.75) is 44.1 Å². The highest BCUT2D eigenvalue weighted by molar-refractivity contribution is 7.89. The zero-order valence-corrected chi connectivity index (χ0v) is 18.3. The molecule has 30 heavy (non-hydrogen) atoms. The molecule has 0 aromatic heterocycles. The molecule has 2 atom stereocenters. The summed E-state index contributed by atoms with van der Waals surface area (Å²) in [5, 5.41) is 2.88. The summed E-state index contributed by atoms with van der Waals surface area (Å²) >= 11 is 0. The summed E-state index contributed by atoms with van der Waals surface area (Å²) < 4.78 is 38.1. The van der Waals surface area contributed by atoms with E-state index in [1.165, 1.54) is 28.6 Å². The second kappa shape index (κ2) is 9.70. The van der Waals surface area contributed by atoms with Crippen molar-refractivity contribution in [1.29, 1.82) is 0 Å². The Morgan fingerprint density at radius 3 is 2.27 bits per heavy atom. The number of benzene rings is 2. The molecule has 1 amide bonds. The van der Waals surface area contributed by atoms with Crippen molar-refractivity contribution in [3.63, 3.8) is 0 Å². The minimum atomic E-state index is -3.63. The molecule has 2 aromatic rings. The molecule has 0 spiro atoms. The van der Waals surface area contributed by atoms with Crippen molar-refractivity contribution in [2.75, 3.05) is 20.2 Å². The van der Waals surface area contributed by atoms with Crippen LogP contribution in [0.4, 0.5) is 0 Å². The van der Waals surface area contributed by atoms with Gasteiger partial charge in [-0.05, 0) is 49.2 Å². The number of amides is 1. The first kappa shape index (κ1) is 22.4. The number of ether oxygens (including phenoxy) is 2.